The van der Waals surface area contributed by atoms with E-state index in [0.29, 0.717) is 0 Å². The lowest BCUT2D eigenvalue weighted by Crippen LogP contribution is -2.33. The highest BCUT2D eigenvalue weighted by Crippen LogP contribution is 2.30. The van der Waals surface area contributed by atoms with Crippen molar-refractivity contribution < 1.29 is 0 Å². The van der Waals surface area contributed by atoms with Gasteiger partial charge in [-0.05, 0) is 31.7 Å². The van der Waals surface area contributed by atoms with Crippen LogP contribution in [-0.2, 0) is 0 Å². The quantitative estimate of drug-likeness (QED) is 0.657. The van der Waals surface area contributed by atoms with E-state index in [1.54, 1.807) is 0 Å². The molecule has 1 N–H and O–H groups in total. The Bertz CT molecular complexity index is 136. The Labute approximate surface area is 89.7 Å². The summed E-state index contributed by atoms with van der Waals surface area (Å²) in [5.41, 5.74) is 0. The SMILES string of the molecule is CCC(CC)CNC(C)CC1CCC1. The van der Waals surface area contributed by atoms with Crippen molar-refractivity contribution in [3.05, 3.63) is 0 Å². The Balaban J connectivity index is 2.03. The van der Waals surface area contributed by atoms with Crippen molar-refractivity contribution in [2.75, 3.05) is 6.54 Å². The Morgan fingerprint density at radius 1 is 1.21 bits per heavy atom. The lowest BCUT2D eigenvalue weighted by molar-refractivity contribution is 0.260. The van der Waals surface area contributed by atoms with Crippen LogP contribution in [0.15, 0.2) is 0 Å². The van der Waals surface area contributed by atoms with E-state index in [2.05, 4.69) is 26.1 Å². The highest BCUT2D eigenvalue weighted by Gasteiger charge is 2.19. The standard InChI is InChI=1S/C13H27N/c1-4-12(5-2)10-14-11(3)9-13-7-6-8-13/h11-14H,4-10H2,1-3H3. The third-order valence-corrected chi connectivity index (χ3v) is 3.82. The van der Waals surface area contributed by atoms with Gasteiger partial charge < -0.3 is 5.32 Å². The molecule has 1 fully saturated rings. The van der Waals surface area contributed by atoms with Gasteiger partial charge in [0.1, 0.15) is 0 Å². The van der Waals surface area contributed by atoms with Crippen LogP contribution in [-0.4, -0.2) is 12.6 Å². The van der Waals surface area contributed by atoms with Crippen molar-refractivity contribution in [3.8, 4) is 0 Å². The minimum atomic E-state index is 0.737. The van der Waals surface area contributed by atoms with Crippen LogP contribution >= 0.6 is 0 Å². The zero-order chi connectivity index (χ0) is 10.4. The van der Waals surface area contributed by atoms with E-state index < -0.39 is 0 Å². The predicted octanol–water partition coefficient (Wildman–Crippen LogP) is 3.59. The second kappa shape index (κ2) is 6.44. The third kappa shape index (κ3) is 4.00. The maximum atomic E-state index is 3.68. The van der Waals surface area contributed by atoms with Crippen molar-refractivity contribution in [2.45, 2.75) is 65.3 Å². The fourth-order valence-electron chi connectivity index (χ4n) is 2.26. The van der Waals surface area contributed by atoms with E-state index in [4.69, 9.17) is 0 Å². The van der Waals surface area contributed by atoms with Crippen LogP contribution in [0.25, 0.3) is 0 Å². The minimum Gasteiger partial charge on any atom is -0.314 e. The van der Waals surface area contributed by atoms with Gasteiger partial charge in [0.2, 0.25) is 0 Å². The summed E-state index contributed by atoms with van der Waals surface area (Å²) in [4.78, 5) is 0. The first-order valence-electron chi connectivity index (χ1n) is 6.49. The highest BCUT2D eigenvalue weighted by molar-refractivity contribution is 4.75. The van der Waals surface area contributed by atoms with Gasteiger partial charge in [0.15, 0.2) is 0 Å². The van der Waals surface area contributed by atoms with Gasteiger partial charge in [-0.25, -0.2) is 0 Å². The minimum absolute atomic E-state index is 0.737. The van der Waals surface area contributed by atoms with E-state index in [1.165, 1.54) is 45.1 Å². The summed E-state index contributed by atoms with van der Waals surface area (Å²) in [6.07, 6.45) is 8.48. The van der Waals surface area contributed by atoms with E-state index >= 15 is 0 Å². The Kier molecular flexibility index (Phi) is 5.54. The summed E-state index contributed by atoms with van der Waals surface area (Å²) in [5.74, 6) is 1.93. The molecule has 0 radical (unpaired) electrons. The number of rotatable bonds is 7. The molecule has 84 valence electrons. The lowest BCUT2D eigenvalue weighted by Gasteiger charge is -2.29. The molecular weight excluding hydrogens is 170 g/mol. The zero-order valence-corrected chi connectivity index (χ0v) is 10.2. The molecular formula is C13H27N. The molecule has 1 saturated carbocycles. The molecule has 0 aromatic rings. The number of hydrogen-bond acceptors (Lipinski definition) is 1. The molecule has 0 spiro atoms. The maximum Gasteiger partial charge on any atom is 0.00414 e. The molecule has 0 bridgehead atoms. The van der Waals surface area contributed by atoms with Crippen LogP contribution in [0.4, 0.5) is 0 Å². The largest absolute Gasteiger partial charge is 0.314 e. The Morgan fingerprint density at radius 3 is 2.29 bits per heavy atom. The van der Waals surface area contributed by atoms with Crippen molar-refractivity contribution in [1.82, 2.24) is 5.32 Å². The molecule has 0 aromatic carbocycles. The monoisotopic (exact) mass is 197 g/mol. The maximum absolute atomic E-state index is 3.68. The number of hydrogen-bond donors (Lipinski definition) is 1. The Hall–Kier alpha value is -0.0400. The van der Waals surface area contributed by atoms with Crippen LogP contribution in [0.2, 0.25) is 0 Å². The molecule has 0 heterocycles. The molecule has 14 heavy (non-hydrogen) atoms. The molecule has 1 aliphatic rings. The van der Waals surface area contributed by atoms with Crippen LogP contribution in [0.3, 0.4) is 0 Å². The molecule has 0 saturated heterocycles. The first-order chi connectivity index (χ1) is 6.76. The molecule has 0 aromatic heterocycles. The van der Waals surface area contributed by atoms with E-state index in [9.17, 15) is 0 Å². The summed E-state index contributed by atoms with van der Waals surface area (Å²) in [6.45, 7) is 8.17. The van der Waals surface area contributed by atoms with Gasteiger partial charge in [-0.1, -0.05) is 46.0 Å². The van der Waals surface area contributed by atoms with Gasteiger partial charge in [0.25, 0.3) is 0 Å². The fourth-order valence-corrected chi connectivity index (χ4v) is 2.26. The molecule has 1 nitrogen and oxygen atoms in total. The summed E-state index contributed by atoms with van der Waals surface area (Å²) in [7, 11) is 0. The molecule has 1 atom stereocenters. The van der Waals surface area contributed by atoms with Crippen LogP contribution in [0.1, 0.15) is 59.3 Å². The first-order valence-corrected chi connectivity index (χ1v) is 6.49. The third-order valence-electron chi connectivity index (χ3n) is 3.82. The summed E-state index contributed by atoms with van der Waals surface area (Å²) < 4.78 is 0. The zero-order valence-electron chi connectivity index (χ0n) is 10.2. The van der Waals surface area contributed by atoms with Crippen molar-refractivity contribution in [3.63, 3.8) is 0 Å². The van der Waals surface area contributed by atoms with Crippen molar-refractivity contribution in [1.29, 1.82) is 0 Å². The van der Waals surface area contributed by atoms with Gasteiger partial charge in [0.05, 0.1) is 0 Å². The molecule has 0 aliphatic heterocycles. The van der Waals surface area contributed by atoms with E-state index in [0.717, 1.165) is 17.9 Å². The van der Waals surface area contributed by atoms with Gasteiger partial charge in [-0.15, -0.1) is 0 Å². The normalized spacial score (nSPS) is 19.7. The molecule has 0 amide bonds. The first kappa shape index (κ1) is 12.0. The van der Waals surface area contributed by atoms with Gasteiger partial charge >= 0.3 is 0 Å². The van der Waals surface area contributed by atoms with Crippen molar-refractivity contribution in [2.24, 2.45) is 11.8 Å². The van der Waals surface area contributed by atoms with Crippen molar-refractivity contribution >= 4 is 0 Å². The summed E-state index contributed by atoms with van der Waals surface area (Å²) in [5, 5.41) is 3.68. The van der Waals surface area contributed by atoms with Gasteiger partial charge in [0, 0.05) is 6.04 Å². The van der Waals surface area contributed by atoms with Crippen LogP contribution in [0, 0.1) is 11.8 Å². The van der Waals surface area contributed by atoms with Crippen LogP contribution < -0.4 is 5.32 Å². The van der Waals surface area contributed by atoms with Crippen LogP contribution in [0.5, 0.6) is 0 Å². The predicted molar refractivity (Wildman–Crippen MR) is 63.5 cm³/mol. The summed E-state index contributed by atoms with van der Waals surface area (Å²) in [6, 6.07) is 0.737. The second-order valence-electron chi connectivity index (χ2n) is 5.02. The van der Waals surface area contributed by atoms with E-state index in [1.807, 2.05) is 0 Å². The summed E-state index contributed by atoms with van der Waals surface area (Å²) >= 11 is 0. The van der Waals surface area contributed by atoms with Gasteiger partial charge in [-0.2, -0.15) is 0 Å². The average Bonchev–Trinajstić information content (AvgIpc) is 2.13. The fraction of sp³-hybridized carbons (Fsp3) is 1.00. The van der Waals surface area contributed by atoms with Gasteiger partial charge in [-0.3, -0.25) is 0 Å². The molecule has 1 heteroatoms. The smallest absolute Gasteiger partial charge is 0.00414 e. The topological polar surface area (TPSA) is 12.0 Å². The van der Waals surface area contributed by atoms with E-state index in [-0.39, 0.29) is 0 Å². The highest BCUT2D eigenvalue weighted by atomic mass is 14.9. The molecule has 1 unspecified atom stereocenters. The Morgan fingerprint density at radius 2 is 1.86 bits per heavy atom. The lowest BCUT2D eigenvalue weighted by atomic mass is 9.81. The average molecular weight is 197 g/mol. The molecule has 1 rings (SSSR count). The molecule has 1 aliphatic carbocycles. The number of nitrogens with one attached hydrogen (secondary N) is 1. The second-order valence-corrected chi connectivity index (χ2v) is 5.02.